The average molecular weight is 340 g/mol. The number of nitro benzene ring substituents is 1. The normalized spacial score (nSPS) is 15.6. The number of nitro groups is 1. The number of hydrogen-bond donors (Lipinski definition) is 1. The molecule has 1 fully saturated rings. The molecule has 0 radical (unpaired) electrons. The SMILES string of the molecule is C[NH+]1CCN(C(=S)SCC(=O)c2ccc([N+](=O)[O-])cc2)CC1. The zero-order valence-electron chi connectivity index (χ0n) is 12.3. The zero-order chi connectivity index (χ0) is 16.1. The molecule has 0 amide bonds. The molecule has 8 heteroatoms. The van der Waals surface area contributed by atoms with Gasteiger partial charge in [-0.05, 0) is 12.1 Å². The summed E-state index contributed by atoms with van der Waals surface area (Å²) in [5, 5.41) is 10.6. The lowest BCUT2D eigenvalue weighted by atomic mass is 10.1. The predicted octanol–water partition coefficient (Wildman–Crippen LogP) is 0.626. The summed E-state index contributed by atoms with van der Waals surface area (Å²) >= 11 is 6.74. The standard InChI is InChI=1S/C14H17N3O3S2/c1-15-6-8-16(9-7-15)14(21)22-10-13(18)11-2-4-12(5-3-11)17(19)20/h2-5H,6-10H2,1H3/p+1. The van der Waals surface area contributed by atoms with Crippen molar-refractivity contribution in [1.82, 2.24) is 4.90 Å². The fraction of sp³-hybridized carbons (Fsp3) is 0.429. The Bertz CT molecular complexity index is 569. The van der Waals surface area contributed by atoms with Gasteiger partial charge in [-0.2, -0.15) is 0 Å². The molecular formula is C14H18N3O3S2+. The van der Waals surface area contributed by atoms with Gasteiger partial charge < -0.3 is 9.80 Å². The van der Waals surface area contributed by atoms with Crippen LogP contribution in [0.15, 0.2) is 24.3 Å². The van der Waals surface area contributed by atoms with Crippen LogP contribution in [0.1, 0.15) is 10.4 Å². The summed E-state index contributed by atoms with van der Waals surface area (Å²) in [5.41, 5.74) is 0.461. The molecule has 0 spiro atoms. The number of Topliss-reactive ketones (excluding diaryl/α,β-unsaturated/α-hetero) is 1. The number of quaternary nitrogens is 1. The van der Waals surface area contributed by atoms with E-state index in [4.69, 9.17) is 12.2 Å². The first kappa shape index (κ1) is 16.9. The second-order valence-corrected chi connectivity index (χ2v) is 6.84. The van der Waals surface area contributed by atoms with E-state index < -0.39 is 4.92 Å². The van der Waals surface area contributed by atoms with Gasteiger partial charge in [0.25, 0.3) is 5.69 Å². The van der Waals surface area contributed by atoms with Gasteiger partial charge in [0, 0.05) is 17.7 Å². The van der Waals surface area contributed by atoms with Gasteiger partial charge in [-0.15, -0.1) is 0 Å². The Labute approximate surface area is 138 Å². The topological polar surface area (TPSA) is 67.9 Å². The molecule has 0 unspecified atom stereocenters. The van der Waals surface area contributed by atoms with Gasteiger partial charge in [-0.1, -0.05) is 24.0 Å². The Balaban J connectivity index is 1.84. The summed E-state index contributed by atoms with van der Waals surface area (Å²) in [6, 6.07) is 5.67. The minimum Gasteiger partial charge on any atom is -0.346 e. The number of hydrogen-bond acceptors (Lipinski definition) is 5. The minimum atomic E-state index is -0.479. The van der Waals surface area contributed by atoms with Crippen LogP contribution < -0.4 is 4.90 Å². The van der Waals surface area contributed by atoms with E-state index in [2.05, 4.69) is 11.9 Å². The van der Waals surface area contributed by atoms with Gasteiger partial charge in [-0.3, -0.25) is 14.9 Å². The molecule has 1 aliphatic rings. The summed E-state index contributed by atoms with van der Waals surface area (Å²) in [6.45, 7) is 3.95. The number of nitrogens with one attached hydrogen (secondary N) is 1. The van der Waals surface area contributed by atoms with Gasteiger partial charge in [-0.25, -0.2) is 0 Å². The molecule has 6 nitrogen and oxygen atoms in total. The maximum absolute atomic E-state index is 12.1. The Hall–Kier alpha value is -1.51. The molecule has 0 bridgehead atoms. The molecule has 1 aliphatic heterocycles. The number of rotatable bonds is 4. The molecule has 1 aromatic carbocycles. The molecule has 2 rings (SSSR count). The molecule has 0 saturated carbocycles. The molecule has 0 aliphatic carbocycles. The van der Waals surface area contributed by atoms with E-state index in [1.165, 1.54) is 40.9 Å². The van der Waals surface area contributed by atoms with Gasteiger partial charge >= 0.3 is 0 Å². The van der Waals surface area contributed by atoms with Crippen molar-refractivity contribution >= 4 is 39.8 Å². The maximum Gasteiger partial charge on any atom is 0.269 e. The highest BCUT2D eigenvalue weighted by atomic mass is 32.2. The largest absolute Gasteiger partial charge is 0.346 e. The van der Waals surface area contributed by atoms with Crippen molar-refractivity contribution in [3.63, 3.8) is 0 Å². The highest BCUT2D eigenvalue weighted by Gasteiger charge is 2.20. The van der Waals surface area contributed by atoms with Gasteiger partial charge in [0.05, 0.1) is 43.9 Å². The number of carbonyl (C=O) groups is 1. The third kappa shape index (κ3) is 4.49. The van der Waals surface area contributed by atoms with E-state index in [1.807, 2.05) is 0 Å². The first-order valence-corrected chi connectivity index (χ1v) is 8.37. The van der Waals surface area contributed by atoms with Gasteiger partial charge in [0.1, 0.15) is 4.32 Å². The summed E-state index contributed by atoms with van der Waals surface area (Å²) < 4.78 is 0.753. The van der Waals surface area contributed by atoms with Crippen LogP contribution >= 0.6 is 24.0 Å². The van der Waals surface area contributed by atoms with Crippen molar-refractivity contribution in [1.29, 1.82) is 0 Å². The van der Waals surface area contributed by atoms with Crippen LogP contribution in [0.5, 0.6) is 0 Å². The van der Waals surface area contributed by atoms with E-state index in [0.717, 1.165) is 30.5 Å². The van der Waals surface area contributed by atoms with Crippen LogP contribution in [0, 0.1) is 10.1 Å². The number of ketones is 1. The molecule has 1 saturated heterocycles. The first-order valence-electron chi connectivity index (χ1n) is 6.98. The van der Waals surface area contributed by atoms with Crippen LogP contribution in [0.25, 0.3) is 0 Å². The molecule has 1 N–H and O–H groups in total. The lowest BCUT2D eigenvalue weighted by Gasteiger charge is -2.31. The maximum atomic E-state index is 12.1. The van der Waals surface area contributed by atoms with Crippen molar-refractivity contribution in [3.05, 3.63) is 39.9 Å². The van der Waals surface area contributed by atoms with Crippen molar-refractivity contribution in [2.45, 2.75) is 0 Å². The molecule has 1 heterocycles. The number of benzene rings is 1. The van der Waals surface area contributed by atoms with E-state index in [1.54, 1.807) is 0 Å². The second kappa shape index (κ2) is 7.66. The van der Waals surface area contributed by atoms with Crippen molar-refractivity contribution < 1.29 is 14.6 Å². The van der Waals surface area contributed by atoms with Crippen LogP contribution in [0.4, 0.5) is 5.69 Å². The summed E-state index contributed by atoms with van der Waals surface area (Å²) in [7, 11) is 2.16. The third-order valence-electron chi connectivity index (χ3n) is 3.60. The Morgan fingerprint density at radius 3 is 2.50 bits per heavy atom. The van der Waals surface area contributed by atoms with E-state index in [0.29, 0.717) is 5.56 Å². The first-order chi connectivity index (χ1) is 10.5. The molecular weight excluding hydrogens is 322 g/mol. The number of carbonyl (C=O) groups excluding carboxylic acids is 1. The number of likely N-dealkylation sites (N-methyl/N-ethyl adjacent to an activating group) is 1. The van der Waals surface area contributed by atoms with Crippen LogP contribution in [-0.4, -0.2) is 58.9 Å². The van der Waals surface area contributed by atoms with Crippen molar-refractivity contribution in [2.75, 3.05) is 39.0 Å². The Morgan fingerprint density at radius 2 is 1.95 bits per heavy atom. The van der Waals surface area contributed by atoms with Crippen molar-refractivity contribution in [2.24, 2.45) is 0 Å². The molecule has 22 heavy (non-hydrogen) atoms. The number of piperazine rings is 1. The number of non-ortho nitro benzene ring substituents is 1. The summed E-state index contributed by atoms with van der Waals surface area (Å²) in [5.74, 6) is 0.192. The van der Waals surface area contributed by atoms with Crippen molar-refractivity contribution in [3.8, 4) is 0 Å². The minimum absolute atomic E-state index is 0.0142. The van der Waals surface area contributed by atoms with Gasteiger partial charge in [0.2, 0.25) is 0 Å². The number of thioether (sulfide) groups is 1. The molecule has 118 valence electrons. The Kier molecular flexibility index (Phi) is 5.87. The molecule has 0 atom stereocenters. The molecule has 1 aromatic rings. The lowest BCUT2D eigenvalue weighted by molar-refractivity contribution is -0.883. The highest BCUT2D eigenvalue weighted by molar-refractivity contribution is 8.23. The quantitative estimate of drug-likeness (QED) is 0.375. The van der Waals surface area contributed by atoms with Crippen LogP contribution in [-0.2, 0) is 0 Å². The molecule has 0 aromatic heterocycles. The van der Waals surface area contributed by atoms with Crippen LogP contribution in [0.3, 0.4) is 0 Å². The summed E-state index contributed by atoms with van der Waals surface area (Å²) in [4.78, 5) is 25.8. The van der Waals surface area contributed by atoms with Crippen LogP contribution in [0.2, 0.25) is 0 Å². The number of thiocarbonyl (C=S) groups is 1. The Morgan fingerprint density at radius 1 is 1.36 bits per heavy atom. The second-order valence-electron chi connectivity index (χ2n) is 5.23. The lowest BCUT2D eigenvalue weighted by Crippen LogP contribution is -3.12. The van der Waals surface area contributed by atoms with Gasteiger partial charge in [0.15, 0.2) is 5.78 Å². The van der Waals surface area contributed by atoms with E-state index >= 15 is 0 Å². The average Bonchev–Trinajstić information content (AvgIpc) is 2.53. The highest BCUT2D eigenvalue weighted by Crippen LogP contribution is 2.16. The van der Waals surface area contributed by atoms with E-state index in [-0.39, 0.29) is 17.2 Å². The third-order valence-corrected chi connectivity index (χ3v) is 5.13. The predicted molar refractivity (Wildman–Crippen MR) is 90.7 cm³/mol. The smallest absolute Gasteiger partial charge is 0.269 e. The number of nitrogens with zero attached hydrogens (tertiary/aromatic N) is 2. The summed E-state index contributed by atoms with van der Waals surface area (Å²) in [6.07, 6.45) is 0. The van der Waals surface area contributed by atoms with E-state index in [9.17, 15) is 14.9 Å². The monoisotopic (exact) mass is 340 g/mol. The fourth-order valence-electron chi connectivity index (χ4n) is 2.14. The zero-order valence-corrected chi connectivity index (χ0v) is 13.9. The fourth-order valence-corrected chi connectivity index (χ4v) is 3.29.